The summed E-state index contributed by atoms with van der Waals surface area (Å²) in [5, 5.41) is 0.968. The Morgan fingerprint density at radius 3 is 2.05 bits per heavy atom. The van der Waals surface area contributed by atoms with Gasteiger partial charge in [0, 0.05) is 5.25 Å². The molecule has 1 rings (SSSR count). The van der Waals surface area contributed by atoms with E-state index in [-0.39, 0.29) is 5.56 Å². The van der Waals surface area contributed by atoms with Crippen molar-refractivity contribution in [3.05, 3.63) is 35.9 Å². The van der Waals surface area contributed by atoms with E-state index in [1.54, 1.807) is 6.07 Å². The predicted octanol–water partition coefficient (Wildman–Crippen LogP) is 3.10. The third kappa shape index (κ3) is 4.39. The number of sulfone groups is 1. The first kappa shape index (κ1) is 17.4. The van der Waals surface area contributed by atoms with Gasteiger partial charge in [-0.1, -0.05) is 30.3 Å². The van der Waals surface area contributed by atoms with Crippen LogP contribution in [-0.2, 0) is 15.6 Å². The molecule has 0 aliphatic rings. The van der Waals surface area contributed by atoms with Crippen molar-refractivity contribution in [2.75, 3.05) is 0 Å². The van der Waals surface area contributed by atoms with Gasteiger partial charge in [0.05, 0.1) is 5.75 Å². The second-order valence-electron chi connectivity index (χ2n) is 3.97. The highest BCUT2D eigenvalue weighted by Crippen LogP contribution is 2.38. The summed E-state index contributed by atoms with van der Waals surface area (Å²) in [6, 6.07) is 7.21. The Bertz CT molecular complexity index is 643. The number of halogens is 6. The lowest BCUT2D eigenvalue weighted by molar-refractivity contribution is -0.237. The fourth-order valence-electron chi connectivity index (χ4n) is 1.19. The summed E-state index contributed by atoms with van der Waals surface area (Å²) in [7, 11) is -4.47. The first-order valence-electron chi connectivity index (χ1n) is 5.32. The molecule has 0 saturated carbocycles. The Kier molecular flexibility index (Phi) is 4.94. The van der Waals surface area contributed by atoms with Crippen LogP contribution in [0.5, 0.6) is 0 Å². The molecule has 0 aromatic heterocycles. The molecule has 0 aliphatic carbocycles. The largest absolute Gasteiger partial charge is 0.380 e. The molecule has 0 aliphatic heterocycles. The molecule has 0 atom stereocenters. The third-order valence-corrected chi connectivity index (χ3v) is 3.38. The van der Waals surface area contributed by atoms with Gasteiger partial charge in [-0.3, -0.25) is 0 Å². The van der Waals surface area contributed by atoms with E-state index in [9.17, 15) is 34.8 Å². The fraction of sp³-hybridized carbons (Fsp3) is 0.333. The lowest BCUT2D eigenvalue weighted by Crippen LogP contribution is -2.45. The van der Waals surface area contributed by atoms with E-state index >= 15 is 0 Å². The Morgan fingerprint density at radius 2 is 1.57 bits per heavy atom. The second kappa shape index (κ2) is 5.97. The van der Waals surface area contributed by atoms with Crippen molar-refractivity contribution in [3.63, 3.8) is 0 Å². The molecule has 1 aromatic rings. The molecule has 0 fully saturated rings. The number of rotatable bonds is 4. The first-order valence-corrected chi connectivity index (χ1v) is 6.97. The predicted molar refractivity (Wildman–Crippen MR) is 62.7 cm³/mol. The number of benzene rings is 1. The number of hydrogen-bond acceptors (Lipinski definition) is 2. The highest BCUT2D eigenvalue weighted by atomic mass is 32.2. The van der Waals surface area contributed by atoms with Crippen LogP contribution in [0.4, 0.5) is 26.3 Å². The molecule has 0 N–H and O–H groups in total. The van der Waals surface area contributed by atoms with Gasteiger partial charge >= 0.3 is 18.3 Å². The quantitative estimate of drug-likeness (QED) is 0.483. The van der Waals surface area contributed by atoms with Crippen molar-refractivity contribution in [2.24, 2.45) is 0 Å². The lowest BCUT2D eigenvalue weighted by Gasteiger charge is -2.20. The van der Waals surface area contributed by atoms with E-state index in [1.807, 2.05) is 0 Å². The zero-order chi connectivity index (χ0) is 16.3. The van der Waals surface area contributed by atoms with Crippen molar-refractivity contribution in [1.82, 2.24) is 0 Å². The third-order valence-electron chi connectivity index (χ3n) is 2.26. The molecule has 21 heavy (non-hydrogen) atoms. The minimum atomic E-state index is -5.73. The van der Waals surface area contributed by atoms with E-state index in [0.717, 1.165) is 5.25 Å². The van der Waals surface area contributed by atoms with Gasteiger partial charge in [-0.05, 0) is 11.5 Å². The second-order valence-corrected chi connectivity index (χ2v) is 5.69. The van der Waals surface area contributed by atoms with Crippen molar-refractivity contribution >= 4 is 9.84 Å². The van der Waals surface area contributed by atoms with Crippen molar-refractivity contribution in [2.45, 2.75) is 24.0 Å². The molecule has 0 radical (unpaired) electrons. The van der Waals surface area contributed by atoms with E-state index in [1.165, 1.54) is 24.3 Å². The van der Waals surface area contributed by atoms with Crippen molar-refractivity contribution in [3.8, 4) is 11.2 Å². The smallest absolute Gasteiger partial charge is 0.215 e. The van der Waals surface area contributed by atoms with E-state index < -0.39 is 33.9 Å². The van der Waals surface area contributed by atoms with Crippen LogP contribution >= 0.6 is 0 Å². The lowest BCUT2D eigenvalue weighted by atomic mass is 10.2. The van der Waals surface area contributed by atoms with Gasteiger partial charge < -0.3 is 0 Å². The SMILES string of the molecule is O=S(=O)(C#CC(F)(F)C(F)(F)C(F)F)Cc1ccccc1. The van der Waals surface area contributed by atoms with Gasteiger partial charge in [0.1, 0.15) is 0 Å². The topological polar surface area (TPSA) is 34.1 Å². The van der Waals surface area contributed by atoms with Gasteiger partial charge in [0.15, 0.2) is 0 Å². The molecule has 0 unspecified atom stereocenters. The van der Waals surface area contributed by atoms with Crippen molar-refractivity contribution < 1.29 is 34.8 Å². The first-order chi connectivity index (χ1) is 9.48. The Morgan fingerprint density at radius 1 is 1.05 bits per heavy atom. The van der Waals surface area contributed by atoms with Gasteiger partial charge in [0.25, 0.3) is 0 Å². The van der Waals surface area contributed by atoms with Crippen LogP contribution in [0.25, 0.3) is 0 Å². The molecular weight excluding hydrogens is 322 g/mol. The molecule has 0 saturated heterocycles. The number of alkyl halides is 6. The van der Waals surface area contributed by atoms with Crippen LogP contribution in [0, 0.1) is 11.2 Å². The molecule has 0 heterocycles. The van der Waals surface area contributed by atoms with Crippen LogP contribution < -0.4 is 0 Å². The zero-order valence-corrected chi connectivity index (χ0v) is 11.0. The normalized spacial score (nSPS) is 12.9. The Balaban J connectivity index is 3.00. The monoisotopic (exact) mass is 330 g/mol. The molecule has 116 valence electrons. The van der Waals surface area contributed by atoms with Crippen LogP contribution in [0.1, 0.15) is 5.56 Å². The minimum absolute atomic E-state index is 0.190. The Labute approximate surface area is 116 Å². The van der Waals surface area contributed by atoms with Gasteiger partial charge in [0.2, 0.25) is 9.84 Å². The maximum atomic E-state index is 12.9. The summed E-state index contributed by atoms with van der Waals surface area (Å²) in [4.78, 5) is 0. The molecule has 0 spiro atoms. The number of hydrogen-bond donors (Lipinski definition) is 0. The maximum Gasteiger partial charge on any atom is 0.380 e. The van der Waals surface area contributed by atoms with Crippen LogP contribution in [0.15, 0.2) is 30.3 Å². The molecule has 0 bridgehead atoms. The average molecular weight is 330 g/mol. The molecule has 9 heteroatoms. The summed E-state index contributed by atoms with van der Waals surface area (Å²) >= 11 is 0. The van der Waals surface area contributed by atoms with Crippen LogP contribution in [-0.4, -0.2) is 26.7 Å². The standard InChI is InChI=1S/C12H8F6O2S/c13-10(14)12(17,18)11(15,16)6-7-21(19,20)8-9-4-2-1-3-5-9/h1-5,10H,8H2. The highest BCUT2D eigenvalue weighted by Gasteiger charge is 2.62. The summed E-state index contributed by atoms with van der Waals surface area (Å²) in [6.07, 6.45) is -4.67. The molecular formula is C12H8F6O2S. The maximum absolute atomic E-state index is 12.9. The zero-order valence-electron chi connectivity index (χ0n) is 10.2. The summed E-state index contributed by atoms with van der Waals surface area (Å²) in [5.74, 6) is -11.5. The average Bonchev–Trinajstić information content (AvgIpc) is 2.37. The summed E-state index contributed by atoms with van der Waals surface area (Å²) in [5.41, 5.74) is 0.190. The van der Waals surface area contributed by atoms with E-state index in [0.29, 0.717) is 5.92 Å². The summed E-state index contributed by atoms with van der Waals surface area (Å²) in [6.45, 7) is 0. The summed E-state index contributed by atoms with van der Waals surface area (Å²) < 4.78 is 97.2. The van der Waals surface area contributed by atoms with Gasteiger partial charge in [-0.25, -0.2) is 17.2 Å². The van der Waals surface area contributed by atoms with Gasteiger partial charge in [-0.15, -0.1) is 0 Å². The van der Waals surface area contributed by atoms with Gasteiger partial charge in [-0.2, -0.15) is 17.6 Å². The molecule has 2 nitrogen and oxygen atoms in total. The Hall–Kier alpha value is -1.69. The molecule has 0 amide bonds. The van der Waals surface area contributed by atoms with E-state index in [2.05, 4.69) is 0 Å². The van der Waals surface area contributed by atoms with Crippen LogP contribution in [0.3, 0.4) is 0 Å². The minimum Gasteiger partial charge on any atom is -0.215 e. The van der Waals surface area contributed by atoms with E-state index in [4.69, 9.17) is 0 Å². The van der Waals surface area contributed by atoms with Crippen molar-refractivity contribution in [1.29, 1.82) is 0 Å². The highest BCUT2D eigenvalue weighted by molar-refractivity contribution is 7.95. The van der Waals surface area contributed by atoms with Crippen LogP contribution in [0.2, 0.25) is 0 Å². The fourth-order valence-corrected chi connectivity index (χ4v) is 2.18. The molecule has 1 aromatic carbocycles.